The number of halogens is 1. The molecule has 0 fully saturated rings. The van der Waals surface area contributed by atoms with E-state index in [-0.39, 0.29) is 38.6 Å². The summed E-state index contributed by atoms with van der Waals surface area (Å²) in [4.78, 5) is 0. The summed E-state index contributed by atoms with van der Waals surface area (Å²) < 4.78 is 0. The minimum Gasteiger partial charge on any atom is -1.00 e. The van der Waals surface area contributed by atoms with Crippen molar-refractivity contribution in [2.45, 2.75) is 25.7 Å². The summed E-state index contributed by atoms with van der Waals surface area (Å²) in [6.45, 7) is 4.08. The van der Waals surface area contributed by atoms with Crippen molar-refractivity contribution in [2.24, 2.45) is 5.92 Å². The van der Waals surface area contributed by atoms with Crippen molar-refractivity contribution in [3.8, 4) is 0 Å². The van der Waals surface area contributed by atoms with Crippen molar-refractivity contribution in [1.82, 2.24) is 0 Å². The van der Waals surface area contributed by atoms with Crippen molar-refractivity contribution in [2.75, 3.05) is 0 Å². The maximum absolute atomic E-state index is 4.08. The van der Waals surface area contributed by atoms with Gasteiger partial charge in [0.15, 0.2) is 0 Å². The van der Waals surface area contributed by atoms with E-state index in [4.69, 9.17) is 0 Å². The fraction of sp³-hybridized carbons (Fsp3) is 0.500. The van der Waals surface area contributed by atoms with Gasteiger partial charge in [0.1, 0.15) is 0 Å². The number of hydrogen-bond donors (Lipinski definition) is 0. The molecule has 0 bridgehead atoms. The van der Waals surface area contributed by atoms with Gasteiger partial charge in [0.25, 0.3) is 0 Å². The molecule has 2 aliphatic rings. The molecule has 12 heavy (non-hydrogen) atoms. The van der Waals surface area contributed by atoms with Gasteiger partial charge in [-0.2, -0.15) is 0 Å². The van der Waals surface area contributed by atoms with Crippen molar-refractivity contribution in [1.29, 1.82) is 0 Å². The van der Waals surface area contributed by atoms with Crippen molar-refractivity contribution < 1.29 is 38.6 Å². The van der Waals surface area contributed by atoms with E-state index in [9.17, 15) is 0 Å². The minimum atomic E-state index is 0. The third-order valence-corrected chi connectivity index (χ3v) is 2.53. The Kier molecular flexibility index (Phi) is 5.69. The normalized spacial score (nSPS) is 25.9. The van der Waals surface area contributed by atoms with E-state index in [2.05, 4.69) is 19.1 Å². The molecule has 0 saturated heterocycles. The molecule has 2 rings (SSSR count). The molecular formula is C10H13ClZr. The van der Waals surface area contributed by atoms with Crippen LogP contribution in [0, 0.1) is 12.8 Å². The van der Waals surface area contributed by atoms with Gasteiger partial charge in [-0.05, 0) is 25.7 Å². The zero-order valence-electron chi connectivity index (χ0n) is 7.15. The predicted octanol–water partition coefficient (Wildman–Crippen LogP) is -0.121. The zero-order chi connectivity index (χ0) is 6.97. The summed E-state index contributed by atoms with van der Waals surface area (Å²) >= 11 is 0. The standard InChI is InChI=1S/C10H13.ClH.Zr/c1-8-6-7-9-4-2-3-5-10(8)9;;/h6-8H,1-5H2;1H;/q-1;;+2/p-1. The van der Waals surface area contributed by atoms with Crippen LogP contribution in [0.1, 0.15) is 25.7 Å². The van der Waals surface area contributed by atoms with Gasteiger partial charge in [-0.15, -0.1) is 12.0 Å². The molecule has 0 nitrogen and oxygen atoms in total. The van der Waals surface area contributed by atoms with E-state index in [1.54, 1.807) is 11.1 Å². The molecule has 2 heteroatoms. The Labute approximate surface area is 100 Å². The van der Waals surface area contributed by atoms with Crippen LogP contribution < -0.4 is 12.4 Å². The van der Waals surface area contributed by atoms with E-state index < -0.39 is 0 Å². The maximum Gasteiger partial charge on any atom is 2.00 e. The van der Waals surface area contributed by atoms with Crippen LogP contribution in [-0.2, 0) is 26.2 Å². The summed E-state index contributed by atoms with van der Waals surface area (Å²) in [5.41, 5.74) is 3.21. The second-order valence-corrected chi connectivity index (χ2v) is 3.22. The Morgan fingerprint density at radius 3 is 2.58 bits per heavy atom. The van der Waals surface area contributed by atoms with Gasteiger partial charge in [0.2, 0.25) is 0 Å². The summed E-state index contributed by atoms with van der Waals surface area (Å²) in [5, 5.41) is 0. The molecule has 0 spiro atoms. The van der Waals surface area contributed by atoms with Crippen LogP contribution in [-0.4, -0.2) is 0 Å². The largest absolute Gasteiger partial charge is 2.00 e. The SMILES string of the molecule is [CH2-]C1C=CC2=C1CCCC2.[Cl-].[Zr+2]. The summed E-state index contributed by atoms with van der Waals surface area (Å²) in [6, 6.07) is 0. The molecule has 0 aromatic rings. The molecule has 0 heterocycles. The van der Waals surface area contributed by atoms with E-state index in [1.807, 2.05) is 0 Å². The molecule has 64 valence electrons. The number of hydrogen-bond acceptors (Lipinski definition) is 0. The molecule has 0 aromatic heterocycles. The quantitative estimate of drug-likeness (QED) is 0.532. The molecule has 0 saturated carbocycles. The first-order valence-electron chi connectivity index (χ1n) is 4.11. The van der Waals surface area contributed by atoms with Gasteiger partial charge in [-0.1, -0.05) is 17.2 Å². The monoisotopic (exact) mass is 258 g/mol. The minimum absolute atomic E-state index is 0. The smallest absolute Gasteiger partial charge is 1.00 e. The van der Waals surface area contributed by atoms with Gasteiger partial charge in [0.05, 0.1) is 0 Å². The van der Waals surface area contributed by atoms with Crippen molar-refractivity contribution >= 4 is 0 Å². The van der Waals surface area contributed by atoms with E-state index in [0.717, 1.165) is 0 Å². The summed E-state index contributed by atoms with van der Waals surface area (Å²) in [5.74, 6) is 0.510. The van der Waals surface area contributed by atoms with Gasteiger partial charge in [-0.3, -0.25) is 0 Å². The average Bonchev–Trinajstić information content (AvgIpc) is 2.34. The summed E-state index contributed by atoms with van der Waals surface area (Å²) in [7, 11) is 0. The molecule has 0 amide bonds. The van der Waals surface area contributed by atoms with E-state index in [0.29, 0.717) is 5.92 Å². The van der Waals surface area contributed by atoms with E-state index in [1.165, 1.54) is 25.7 Å². The van der Waals surface area contributed by atoms with Crippen LogP contribution in [0.5, 0.6) is 0 Å². The fourth-order valence-corrected chi connectivity index (χ4v) is 1.91. The molecule has 2 aliphatic carbocycles. The Morgan fingerprint density at radius 1 is 1.25 bits per heavy atom. The first-order valence-corrected chi connectivity index (χ1v) is 4.11. The fourth-order valence-electron chi connectivity index (χ4n) is 1.91. The molecule has 1 atom stereocenters. The Hall–Kier alpha value is 0.653. The van der Waals surface area contributed by atoms with Gasteiger partial charge in [-0.25, -0.2) is 0 Å². The second kappa shape index (κ2) is 5.40. The number of rotatable bonds is 0. The Bertz CT molecular complexity index is 206. The van der Waals surface area contributed by atoms with Crippen molar-refractivity contribution in [3.63, 3.8) is 0 Å². The van der Waals surface area contributed by atoms with Crippen LogP contribution in [0.15, 0.2) is 23.3 Å². The molecule has 0 radical (unpaired) electrons. The van der Waals surface area contributed by atoms with Gasteiger partial charge >= 0.3 is 26.2 Å². The average molecular weight is 260 g/mol. The van der Waals surface area contributed by atoms with Crippen LogP contribution in [0.3, 0.4) is 0 Å². The Balaban J connectivity index is 0.000000605. The topological polar surface area (TPSA) is 0 Å². The zero-order valence-corrected chi connectivity index (χ0v) is 10.4. The molecular weight excluding hydrogens is 247 g/mol. The molecule has 0 aromatic carbocycles. The Morgan fingerprint density at radius 2 is 1.92 bits per heavy atom. The third kappa shape index (κ3) is 2.33. The van der Waals surface area contributed by atoms with Crippen LogP contribution in [0.4, 0.5) is 0 Å². The van der Waals surface area contributed by atoms with Gasteiger partial charge in [0, 0.05) is 0 Å². The maximum atomic E-state index is 4.08. The molecule has 0 aliphatic heterocycles. The number of allylic oxidation sites excluding steroid dienone is 4. The van der Waals surface area contributed by atoms with E-state index >= 15 is 0 Å². The first kappa shape index (κ1) is 12.7. The molecule has 0 N–H and O–H groups in total. The van der Waals surface area contributed by atoms with Crippen LogP contribution in [0.25, 0.3) is 0 Å². The van der Waals surface area contributed by atoms with Crippen molar-refractivity contribution in [3.05, 3.63) is 30.2 Å². The second-order valence-electron chi connectivity index (χ2n) is 3.22. The third-order valence-electron chi connectivity index (χ3n) is 2.53. The van der Waals surface area contributed by atoms with Gasteiger partial charge < -0.3 is 19.3 Å². The van der Waals surface area contributed by atoms with Crippen LogP contribution in [0.2, 0.25) is 0 Å². The first-order chi connectivity index (χ1) is 4.88. The predicted molar refractivity (Wildman–Crippen MR) is 43.5 cm³/mol. The molecule has 1 unspecified atom stereocenters. The van der Waals surface area contributed by atoms with Crippen LogP contribution >= 0.6 is 0 Å². The summed E-state index contributed by atoms with van der Waals surface area (Å²) in [6.07, 6.45) is 9.87.